The molecule has 0 bridgehead atoms. The molecule has 5 fully saturated rings. The highest BCUT2D eigenvalue weighted by molar-refractivity contribution is 5.85. The Labute approximate surface area is 264 Å². The van der Waals surface area contributed by atoms with Gasteiger partial charge in [-0.2, -0.15) is 0 Å². The maximum atomic E-state index is 12.7. The molecule has 1 aromatic rings. The topological polar surface area (TPSA) is 151 Å². The molecule has 0 radical (unpaired) electrons. The smallest absolute Gasteiger partial charge is 0.331 e. The second-order valence-electron chi connectivity index (χ2n) is 15.0. The number of rotatable bonds is 6. The largest absolute Gasteiger partial charge is 0.458 e. The third-order valence-corrected chi connectivity index (χ3v) is 13.0. The molecule has 246 valence electrons. The predicted octanol–water partition coefficient (Wildman–Crippen LogP) is 3.25. The molecule has 1 aromatic heterocycles. The van der Waals surface area contributed by atoms with Crippen LogP contribution in [-0.2, 0) is 25.5 Å². The van der Waals surface area contributed by atoms with Gasteiger partial charge in [-0.1, -0.05) is 13.0 Å². The first-order valence-corrected chi connectivity index (χ1v) is 16.9. The number of ether oxygens (including phenoxy) is 3. The Morgan fingerprint density at radius 1 is 1.11 bits per heavy atom. The van der Waals surface area contributed by atoms with Gasteiger partial charge in [0.15, 0.2) is 6.29 Å². The van der Waals surface area contributed by atoms with Crippen LogP contribution in [0.2, 0.25) is 0 Å². The number of aliphatic imine (C=N–C) groups is 1. The van der Waals surface area contributed by atoms with E-state index in [2.05, 4.69) is 11.9 Å². The lowest BCUT2D eigenvalue weighted by Gasteiger charge is -2.66. The standard InChI is InChI=1S/C35H48N2O8/c1-21-31(40)28(38)15-30(44-21)45-24-5-10-33(20-37-18-22-4-3-13-36-17-22)26-6-9-32(2)25(23-14-29(39)43-19-23)8-12-35(32,42)27(26)7-11-34(33,41)16-24/h3-4,13-14,17,20-21,24-28,30-31,38,40-42H,5-12,15-16,18-19H2,1-2H3/t21-,24-,25+,26-,27+,28+,30+,31+,32+,33-,34-,35-/m0/s1. The average Bonchev–Trinajstić information content (AvgIpc) is 3.56. The van der Waals surface area contributed by atoms with Crippen molar-refractivity contribution >= 4 is 12.2 Å². The summed E-state index contributed by atoms with van der Waals surface area (Å²) in [6, 6.07) is 3.90. The summed E-state index contributed by atoms with van der Waals surface area (Å²) in [5.41, 5.74) is -1.03. The van der Waals surface area contributed by atoms with Gasteiger partial charge in [-0.25, -0.2) is 4.79 Å². The van der Waals surface area contributed by atoms with E-state index >= 15 is 0 Å². The number of aliphatic hydroxyl groups excluding tert-OH is 2. The molecule has 3 heterocycles. The number of hydrogen-bond donors (Lipinski definition) is 4. The van der Waals surface area contributed by atoms with Crippen molar-refractivity contribution in [3.63, 3.8) is 0 Å². The van der Waals surface area contributed by atoms with Gasteiger partial charge in [-0.05, 0) is 93.2 Å². The molecular formula is C35H48N2O8. The number of aliphatic hydroxyl groups is 4. The zero-order chi connectivity index (χ0) is 31.6. The van der Waals surface area contributed by atoms with Crippen LogP contribution < -0.4 is 0 Å². The Kier molecular flexibility index (Phi) is 8.02. The molecule has 0 amide bonds. The number of carbonyl (C=O) groups is 1. The second-order valence-corrected chi connectivity index (χ2v) is 15.0. The van der Waals surface area contributed by atoms with E-state index in [0.717, 1.165) is 30.4 Å². The quantitative estimate of drug-likeness (QED) is 0.212. The van der Waals surface area contributed by atoms with Gasteiger partial charge in [0.2, 0.25) is 0 Å². The predicted molar refractivity (Wildman–Crippen MR) is 164 cm³/mol. The third kappa shape index (κ3) is 5.02. The van der Waals surface area contributed by atoms with E-state index in [1.165, 1.54) is 0 Å². The first kappa shape index (κ1) is 31.4. The highest BCUT2D eigenvalue weighted by atomic mass is 16.7. The van der Waals surface area contributed by atoms with Crippen molar-refractivity contribution in [2.24, 2.45) is 33.6 Å². The number of fused-ring (bicyclic) bond motifs is 5. The van der Waals surface area contributed by atoms with Crippen molar-refractivity contribution in [1.82, 2.24) is 4.98 Å². The maximum absolute atomic E-state index is 12.7. The average molecular weight is 625 g/mol. The molecule has 4 N–H and O–H groups in total. The summed E-state index contributed by atoms with van der Waals surface area (Å²) in [4.78, 5) is 21.2. The van der Waals surface area contributed by atoms with Gasteiger partial charge in [-0.3, -0.25) is 9.98 Å². The molecule has 10 heteroatoms. The SMILES string of the molecule is C[C@@H]1O[C@H](O[C@H]2CC[C@]3(C=NCc4cccnc4)[C@H]4CC[C@]5(C)[C@@H](C6=CC(=O)OC6)CC[C@]5(O)[C@@H]4CC[C@]3(O)C2)C[C@@H](O)[C@@H]1O. The molecule has 12 atom stereocenters. The van der Waals surface area contributed by atoms with Crippen LogP contribution in [0.5, 0.6) is 0 Å². The van der Waals surface area contributed by atoms with Crippen molar-refractivity contribution in [2.45, 2.75) is 127 Å². The first-order valence-electron chi connectivity index (χ1n) is 16.9. The summed E-state index contributed by atoms with van der Waals surface area (Å²) in [5, 5.41) is 45.9. The van der Waals surface area contributed by atoms with Crippen molar-refractivity contribution in [1.29, 1.82) is 0 Å². The summed E-state index contributed by atoms with van der Waals surface area (Å²) in [6.45, 7) is 4.71. The summed E-state index contributed by atoms with van der Waals surface area (Å²) >= 11 is 0. The van der Waals surface area contributed by atoms with Crippen LogP contribution in [0.15, 0.2) is 41.2 Å². The molecule has 2 aliphatic heterocycles. The summed E-state index contributed by atoms with van der Waals surface area (Å²) in [5.74, 6) is -0.171. The summed E-state index contributed by atoms with van der Waals surface area (Å²) in [7, 11) is 0. The molecule has 6 aliphatic rings. The monoisotopic (exact) mass is 624 g/mol. The van der Waals surface area contributed by atoms with Crippen molar-refractivity contribution in [3.8, 4) is 0 Å². The number of aromatic nitrogens is 1. The van der Waals surface area contributed by atoms with Gasteiger partial charge in [-0.15, -0.1) is 0 Å². The van der Waals surface area contributed by atoms with Crippen molar-refractivity contribution in [2.75, 3.05) is 6.61 Å². The van der Waals surface area contributed by atoms with Gasteiger partial charge in [0.1, 0.15) is 12.7 Å². The van der Waals surface area contributed by atoms with Crippen LogP contribution in [0.25, 0.3) is 0 Å². The Morgan fingerprint density at radius 2 is 1.93 bits per heavy atom. The van der Waals surface area contributed by atoms with E-state index in [9.17, 15) is 25.2 Å². The fourth-order valence-electron chi connectivity index (χ4n) is 10.6. The fraction of sp³-hybridized carbons (Fsp3) is 0.743. The van der Waals surface area contributed by atoms with Gasteiger partial charge >= 0.3 is 5.97 Å². The van der Waals surface area contributed by atoms with Crippen LogP contribution >= 0.6 is 0 Å². The van der Waals surface area contributed by atoms with Gasteiger partial charge < -0.3 is 34.6 Å². The third-order valence-electron chi connectivity index (χ3n) is 13.0. The molecule has 0 unspecified atom stereocenters. The van der Waals surface area contributed by atoms with Crippen molar-refractivity contribution < 1.29 is 39.4 Å². The number of esters is 1. The number of nitrogens with zero attached hydrogens (tertiary/aromatic N) is 2. The molecule has 0 spiro atoms. The number of pyridine rings is 1. The molecule has 7 rings (SSSR count). The highest BCUT2D eigenvalue weighted by Gasteiger charge is 2.71. The van der Waals surface area contributed by atoms with E-state index in [0.29, 0.717) is 51.7 Å². The van der Waals surface area contributed by atoms with Gasteiger partial charge in [0, 0.05) is 48.4 Å². The lowest BCUT2D eigenvalue weighted by atomic mass is 9.41. The van der Waals surface area contributed by atoms with Crippen molar-refractivity contribution in [3.05, 3.63) is 41.7 Å². The summed E-state index contributed by atoms with van der Waals surface area (Å²) in [6.07, 6.45) is 10.2. The molecule has 4 aliphatic carbocycles. The lowest BCUT2D eigenvalue weighted by Crippen LogP contribution is -2.69. The van der Waals surface area contributed by atoms with Gasteiger partial charge in [0.25, 0.3) is 0 Å². The van der Waals surface area contributed by atoms with Crippen LogP contribution in [0, 0.1) is 28.6 Å². The molecule has 10 nitrogen and oxygen atoms in total. The van der Waals surface area contributed by atoms with E-state index in [4.69, 9.17) is 19.2 Å². The Hall–Kier alpha value is -2.21. The van der Waals surface area contributed by atoms with Crippen LogP contribution in [0.1, 0.15) is 83.6 Å². The van der Waals surface area contributed by atoms with Crippen LogP contribution in [-0.4, -0.2) is 86.1 Å². The molecule has 0 aromatic carbocycles. The number of hydrogen-bond acceptors (Lipinski definition) is 10. The zero-order valence-corrected chi connectivity index (χ0v) is 26.4. The van der Waals surface area contributed by atoms with E-state index < -0.39 is 41.2 Å². The highest BCUT2D eigenvalue weighted by Crippen LogP contribution is 2.70. The van der Waals surface area contributed by atoms with E-state index in [-0.39, 0.29) is 41.7 Å². The van der Waals surface area contributed by atoms with Gasteiger partial charge in [0.05, 0.1) is 36.1 Å². The van der Waals surface area contributed by atoms with Crippen LogP contribution in [0.3, 0.4) is 0 Å². The number of cyclic esters (lactones) is 1. The fourth-order valence-corrected chi connectivity index (χ4v) is 10.6. The zero-order valence-electron chi connectivity index (χ0n) is 26.4. The first-order chi connectivity index (χ1) is 21.5. The lowest BCUT2D eigenvalue weighted by molar-refractivity contribution is -0.282. The minimum absolute atomic E-state index is 0.0124. The second kappa shape index (κ2) is 11.5. The van der Waals surface area contributed by atoms with E-state index in [1.807, 2.05) is 24.5 Å². The molecule has 45 heavy (non-hydrogen) atoms. The molecule has 1 saturated heterocycles. The molecular weight excluding hydrogens is 576 g/mol. The minimum Gasteiger partial charge on any atom is -0.458 e. The Balaban J connectivity index is 1.17. The number of carbonyl (C=O) groups excluding carboxylic acids is 1. The Bertz CT molecular complexity index is 1330. The normalized spacial score (nSPS) is 48.0. The van der Waals surface area contributed by atoms with Crippen LogP contribution in [0.4, 0.5) is 0 Å². The molecule has 4 saturated carbocycles. The summed E-state index contributed by atoms with van der Waals surface area (Å²) < 4.78 is 17.5. The Morgan fingerprint density at radius 3 is 2.67 bits per heavy atom. The maximum Gasteiger partial charge on any atom is 0.331 e. The minimum atomic E-state index is -1.09. The van der Waals surface area contributed by atoms with E-state index in [1.54, 1.807) is 19.2 Å².